The Labute approximate surface area is 128 Å². The van der Waals surface area contributed by atoms with Crippen LogP contribution in [0.3, 0.4) is 0 Å². The van der Waals surface area contributed by atoms with Gasteiger partial charge in [0.1, 0.15) is 0 Å². The molecular formula is C13H19BrN2O3S. The monoisotopic (exact) mass is 362 g/mol. The van der Waals surface area contributed by atoms with E-state index in [4.69, 9.17) is 4.74 Å². The molecule has 2 atom stereocenters. The molecule has 1 fully saturated rings. The number of hydrogen-bond donors (Lipinski definition) is 0. The summed E-state index contributed by atoms with van der Waals surface area (Å²) in [5, 5.41) is 0.649. The van der Waals surface area contributed by atoms with Crippen LogP contribution in [0.15, 0.2) is 24.5 Å². The molecule has 1 saturated heterocycles. The van der Waals surface area contributed by atoms with Gasteiger partial charge >= 0.3 is 0 Å². The lowest BCUT2D eigenvalue weighted by atomic mass is 10.2. The van der Waals surface area contributed by atoms with E-state index in [1.54, 1.807) is 16.7 Å². The molecule has 0 spiro atoms. The molecule has 0 amide bonds. The fourth-order valence-corrected chi connectivity index (χ4v) is 4.31. The molecule has 0 aromatic carbocycles. The van der Waals surface area contributed by atoms with Crippen molar-refractivity contribution in [2.45, 2.75) is 25.5 Å². The van der Waals surface area contributed by atoms with Gasteiger partial charge in [-0.1, -0.05) is 15.9 Å². The molecule has 7 heteroatoms. The van der Waals surface area contributed by atoms with Gasteiger partial charge in [-0.05, 0) is 31.0 Å². The van der Waals surface area contributed by atoms with Crippen molar-refractivity contribution >= 4 is 26.0 Å². The molecule has 5 nitrogen and oxygen atoms in total. The van der Waals surface area contributed by atoms with E-state index in [-0.39, 0.29) is 17.9 Å². The summed E-state index contributed by atoms with van der Waals surface area (Å²) in [5.41, 5.74) is 0.988. The summed E-state index contributed by atoms with van der Waals surface area (Å²) in [4.78, 5) is 3.93. The molecule has 0 aliphatic carbocycles. The Balaban J connectivity index is 2.01. The Bertz CT molecular complexity index is 524. The first kappa shape index (κ1) is 15.9. The average Bonchev–Trinajstić information content (AvgIpc) is 2.47. The number of sulfonamides is 1. The number of ether oxygens (including phenoxy) is 1. The van der Waals surface area contributed by atoms with Crippen molar-refractivity contribution in [1.82, 2.24) is 9.29 Å². The number of halogens is 1. The zero-order chi connectivity index (χ0) is 14.6. The second kappa shape index (κ2) is 6.98. The summed E-state index contributed by atoms with van der Waals surface area (Å²) in [5.74, 6) is 0.121. The molecule has 0 saturated carbocycles. The topological polar surface area (TPSA) is 59.5 Å². The van der Waals surface area contributed by atoms with E-state index in [0.29, 0.717) is 24.9 Å². The van der Waals surface area contributed by atoms with E-state index in [9.17, 15) is 8.42 Å². The van der Waals surface area contributed by atoms with Gasteiger partial charge < -0.3 is 4.74 Å². The third-order valence-corrected chi connectivity index (χ3v) is 6.04. The molecule has 2 heterocycles. The summed E-state index contributed by atoms with van der Waals surface area (Å²) in [7, 11) is -3.26. The van der Waals surface area contributed by atoms with Crippen LogP contribution in [0, 0.1) is 0 Å². The summed E-state index contributed by atoms with van der Waals surface area (Å²) in [6.45, 7) is 2.75. The fourth-order valence-electron chi connectivity index (χ4n) is 2.19. The fraction of sp³-hybridized carbons (Fsp3) is 0.615. The van der Waals surface area contributed by atoms with Crippen LogP contribution in [-0.2, 0) is 21.2 Å². The van der Waals surface area contributed by atoms with Gasteiger partial charge in [0.05, 0.1) is 18.5 Å². The number of pyridine rings is 1. The van der Waals surface area contributed by atoms with Crippen molar-refractivity contribution in [3.63, 3.8) is 0 Å². The van der Waals surface area contributed by atoms with E-state index >= 15 is 0 Å². The van der Waals surface area contributed by atoms with E-state index in [0.717, 1.165) is 5.56 Å². The molecule has 112 valence electrons. The summed E-state index contributed by atoms with van der Waals surface area (Å²) >= 11 is 3.35. The number of aryl methyl sites for hydroxylation is 1. The Morgan fingerprint density at radius 1 is 1.45 bits per heavy atom. The number of aromatic nitrogens is 1. The van der Waals surface area contributed by atoms with Gasteiger partial charge in [-0.3, -0.25) is 4.98 Å². The van der Waals surface area contributed by atoms with Crippen LogP contribution in [0.5, 0.6) is 0 Å². The summed E-state index contributed by atoms with van der Waals surface area (Å²) in [6.07, 6.45) is 3.80. The third-order valence-electron chi connectivity index (χ3n) is 3.38. The highest BCUT2D eigenvalue weighted by atomic mass is 79.9. The second-order valence-electron chi connectivity index (χ2n) is 4.95. The van der Waals surface area contributed by atoms with Crippen molar-refractivity contribution in [2.24, 2.45) is 0 Å². The number of hydrogen-bond acceptors (Lipinski definition) is 4. The average molecular weight is 363 g/mol. The Morgan fingerprint density at radius 2 is 2.15 bits per heavy atom. The molecule has 2 rings (SSSR count). The van der Waals surface area contributed by atoms with Crippen LogP contribution >= 0.6 is 15.9 Å². The molecule has 0 N–H and O–H groups in total. The van der Waals surface area contributed by atoms with Crippen LogP contribution in [0.2, 0.25) is 0 Å². The van der Waals surface area contributed by atoms with Crippen LogP contribution in [-0.4, -0.2) is 54.1 Å². The lowest BCUT2D eigenvalue weighted by Crippen LogP contribution is -2.52. The second-order valence-corrected chi connectivity index (χ2v) is 7.64. The number of alkyl halides is 1. The largest absolute Gasteiger partial charge is 0.374 e. The quantitative estimate of drug-likeness (QED) is 0.743. The first-order valence-electron chi connectivity index (χ1n) is 6.59. The predicted octanol–water partition coefficient (Wildman–Crippen LogP) is 1.44. The number of rotatable bonds is 5. The van der Waals surface area contributed by atoms with E-state index < -0.39 is 10.0 Å². The van der Waals surface area contributed by atoms with Gasteiger partial charge in [-0.25, -0.2) is 8.42 Å². The minimum atomic E-state index is -3.26. The predicted molar refractivity (Wildman–Crippen MR) is 81.4 cm³/mol. The van der Waals surface area contributed by atoms with Crippen molar-refractivity contribution in [3.8, 4) is 0 Å². The van der Waals surface area contributed by atoms with Crippen molar-refractivity contribution < 1.29 is 13.2 Å². The van der Waals surface area contributed by atoms with E-state index in [2.05, 4.69) is 20.9 Å². The number of nitrogens with zero attached hydrogens (tertiary/aromatic N) is 2. The minimum Gasteiger partial charge on any atom is -0.374 e. The molecule has 1 aliphatic heterocycles. The van der Waals surface area contributed by atoms with E-state index in [1.807, 2.05) is 19.1 Å². The minimum absolute atomic E-state index is 0.0677. The first-order chi connectivity index (χ1) is 9.53. The third kappa shape index (κ3) is 4.00. The molecule has 1 aromatic heterocycles. The molecule has 0 radical (unpaired) electrons. The van der Waals surface area contributed by atoms with Gasteiger partial charge in [0, 0.05) is 30.3 Å². The van der Waals surface area contributed by atoms with Crippen LogP contribution in [0.1, 0.15) is 12.5 Å². The number of morpholine rings is 1. The van der Waals surface area contributed by atoms with Crippen molar-refractivity contribution in [2.75, 3.05) is 24.2 Å². The Kier molecular flexibility index (Phi) is 5.54. The lowest BCUT2D eigenvalue weighted by molar-refractivity contribution is -0.0139. The molecule has 1 aliphatic rings. The van der Waals surface area contributed by atoms with Gasteiger partial charge in [0.2, 0.25) is 10.0 Å². The molecule has 20 heavy (non-hydrogen) atoms. The first-order valence-corrected chi connectivity index (χ1v) is 9.32. The molecular weight excluding hydrogens is 344 g/mol. The zero-order valence-electron chi connectivity index (χ0n) is 11.4. The standard InChI is InChI=1S/C13H19BrN2O3S/c1-11-10-19-13(8-14)9-16(11)20(17,18)7-4-12-2-5-15-6-3-12/h2-3,5-6,11,13H,4,7-10H2,1H3. The Morgan fingerprint density at radius 3 is 2.80 bits per heavy atom. The molecule has 0 bridgehead atoms. The van der Waals surface area contributed by atoms with Gasteiger partial charge in [0.15, 0.2) is 0 Å². The lowest BCUT2D eigenvalue weighted by Gasteiger charge is -2.36. The highest BCUT2D eigenvalue weighted by molar-refractivity contribution is 9.09. The maximum absolute atomic E-state index is 12.5. The highest BCUT2D eigenvalue weighted by Crippen LogP contribution is 2.18. The summed E-state index contributed by atoms with van der Waals surface area (Å²) < 4.78 is 32.1. The van der Waals surface area contributed by atoms with Crippen LogP contribution < -0.4 is 0 Å². The summed E-state index contributed by atoms with van der Waals surface area (Å²) in [6, 6.07) is 3.59. The maximum Gasteiger partial charge on any atom is 0.214 e. The van der Waals surface area contributed by atoms with E-state index in [1.165, 1.54) is 0 Å². The van der Waals surface area contributed by atoms with Crippen molar-refractivity contribution in [1.29, 1.82) is 0 Å². The van der Waals surface area contributed by atoms with Gasteiger partial charge in [-0.2, -0.15) is 4.31 Å². The van der Waals surface area contributed by atoms with Crippen molar-refractivity contribution in [3.05, 3.63) is 30.1 Å². The smallest absolute Gasteiger partial charge is 0.214 e. The van der Waals surface area contributed by atoms with Gasteiger partial charge in [0.25, 0.3) is 0 Å². The molecule has 2 unspecified atom stereocenters. The normalized spacial score (nSPS) is 24.7. The maximum atomic E-state index is 12.5. The van der Waals surface area contributed by atoms with Crippen LogP contribution in [0.25, 0.3) is 0 Å². The van der Waals surface area contributed by atoms with Gasteiger partial charge in [-0.15, -0.1) is 0 Å². The highest BCUT2D eigenvalue weighted by Gasteiger charge is 2.33. The Hall–Kier alpha value is -0.500. The zero-order valence-corrected chi connectivity index (χ0v) is 13.8. The van der Waals surface area contributed by atoms with Crippen LogP contribution in [0.4, 0.5) is 0 Å². The molecule has 1 aromatic rings. The SMILES string of the molecule is CC1COC(CBr)CN1S(=O)(=O)CCc1ccncc1.